The lowest BCUT2D eigenvalue weighted by atomic mass is 9.78. The first-order valence-electron chi connectivity index (χ1n) is 24.2. The van der Waals surface area contributed by atoms with Crippen molar-refractivity contribution in [1.82, 2.24) is 54.6 Å². The average Bonchev–Trinajstić information content (AvgIpc) is 4.09. The Morgan fingerprint density at radius 2 is 1.61 bits per heavy atom. The molecule has 0 aliphatic carbocycles. The molecule has 0 radical (unpaired) electrons. The van der Waals surface area contributed by atoms with E-state index >= 15 is 4.39 Å². The summed E-state index contributed by atoms with van der Waals surface area (Å²) in [5, 5.41) is 27.2. The van der Waals surface area contributed by atoms with Crippen LogP contribution < -0.4 is 20.3 Å². The molecule has 0 saturated carbocycles. The lowest BCUT2D eigenvalue weighted by Gasteiger charge is -2.41. The molecule has 74 heavy (non-hydrogen) atoms. The number of nitrogens with one attached hydrogen (secondary N) is 3. The number of likely N-dealkylation sites (tertiary alicyclic amines) is 1. The number of halogens is 4. The molecule has 0 bridgehead atoms. The number of anilines is 3. The van der Waals surface area contributed by atoms with E-state index < -0.39 is 79.4 Å². The molecule has 26 heteroatoms. The van der Waals surface area contributed by atoms with Crippen LogP contribution in [0.25, 0.3) is 11.3 Å². The SMILES string of the molecule is CC(C)(O)Cn1cc(-c2nc(Nc3ccc(S(=O)(=O)NCCOCc4cn(CCN5CCC(C6CCN(c7ccc8c(c7)C(=O)N(C7CCC(=O)NC7=O)C8=O)CC6)CC5)nn4)cc3F)ncc2C(F)(F)F)cn1. The maximum atomic E-state index is 15.3. The number of alkyl halides is 3. The van der Waals surface area contributed by atoms with E-state index in [1.165, 1.54) is 24.7 Å². The van der Waals surface area contributed by atoms with Gasteiger partial charge in [-0.1, -0.05) is 5.21 Å². The van der Waals surface area contributed by atoms with Crippen molar-refractivity contribution in [2.75, 3.05) is 56.1 Å². The minimum Gasteiger partial charge on any atom is -0.389 e. The van der Waals surface area contributed by atoms with Crippen molar-refractivity contribution in [2.45, 2.75) is 94.8 Å². The van der Waals surface area contributed by atoms with Crippen LogP contribution in [0.3, 0.4) is 0 Å². The summed E-state index contributed by atoms with van der Waals surface area (Å²) in [5.41, 5.74) is -1.23. The number of sulfonamides is 1. The first-order valence-corrected chi connectivity index (χ1v) is 25.7. The second kappa shape index (κ2) is 21.2. The minimum atomic E-state index is -4.83. The number of rotatable bonds is 18. The van der Waals surface area contributed by atoms with Crippen molar-refractivity contribution in [1.29, 1.82) is 0 Å². The van der Waals surface area contributed by atoms with E-state index in [2.05, 4.69) is 50.5 Å². The lowest BCUT2D eigenvalue weighted by Crippen LogP contribution is -2.54. The Hall–Kier alpha value is -6.74. The summed E-state index contributed by atoms with van der Waals surface area (Å²) in [4.78, 5) is 63.5. The number of ether oxygens (including phenoxy) is 1. The first kappa shape index (κ1) is 52.1. The number of imide groups is 2. The molecular formula is C48H55F4N13O8S. The van der Waals surface area contributed by atoms with Gasteiger partial charge in [-0.05, 0) is 107 Å². The monoisotopic (exact) mass is 1050 g/mol. The second-order valence-corrected chi connectivity index (χ2v) is 21.3. The van der Waals surface area contributed by atoms with Crippen LogP contribution in [0.2, 0.25) is 0 Å². The maximum Gasteiger partial charge on any atom is 0.419 e. The van der Waals surface area contributed by atoms with Gasteiger partial charge in [-0.3, -0.25) is 38.8 Å². The topological polar surface area (TPSA) is 252 Å². The van der Waals surface area contributed by atoms with Crippen molar-refractivity contribution in [3.8, 4) is 11.3 Å². The number of benzene rings is 2. The van der Waals surface area contributed by atoms with Crippen LogP contribution in [-0.4, -0.2) is 139 Å². The zero-order valence-electron chi connectivity index (χ0n) is 40.5. The van der Waals surface area contributed by atoms with E-state index in [0.717, 1.165) is 93.4 Å². The van der Waals surface area contributed by atoms with E-state index in [0.29, 0.717) is 30.3 Å². The van der Waals surface area contributed by atoms with Gasteiger partial charge in [-0.15, -0.1) is 5.10 Å². The highest BCUT2D eigenvalue weighted by molar-refractivity contribution is 7.89. The van der Waals surface area contributed by atoms with E-state index in [9.17, 15) is 45.9 Å². The fourth-order valence-corrected chi connectivity index (χ4v) is 10.9. The molecule has 2 aromatic carbocycles. The van der Waals surface area contributed by atoms with Crippen LogP contribution >= 0.6 is 0 Å². The summed E-state index contributed by atoms with van der Waals surface area (Å²) in [6.07, 6.45) is 4.29. The Labute approximate surface area is 422 Å². The number of carbonyl (C=O) groups excluding carboxylic acids is 4. The Kier molecular flexibility index (Phi) is 15.0. The number of aliphatic hydroxyl groups is 1. The third-order valence-corrected chi connectivity index (χ3v) is 15.2. The van der Waals surface area contributed by atoms with Gasteiger partial charge in [0.05, 0.1) is 71.7 Å². The molecule has 394 valence electrons. The van der Waals surface area contributed by atoms with Crippen LogP contribution in [0.1, 0.15) is 84.3 Å². The zero-order valence-corrected chi connectivity index (χ0v) is 41.3. The van der Waals surface area contributed by atoms with E-state index in [4.69, 9.17) is 4.74 Å². The summed E-state index contributed by atoms with van der Waals surface area (Å²) in [7, 11) is -4.20. The molecule has 4 amide bonds. The molecule has 21 nitrogen and oxygen atoms in total. The highest BCUT2D eigenvalue weighted by atomic mass is 32.2. The molecule has 1 atom stereocenters. The Morgan fingerprint density at radius 1 is 0.878 bits per heavy atom. The van der Waals surface area contributed by atoms with Gasteiger partial charge in [-0.2, -0.15) is 18.3 Å². The summed E-state index contributed by atoms with van der Waals surface area (Å²) in [5.74, 6) is -2.32. The van der Waals surface area contributed by atoms with E-state index in [1.54, 1.807) is 23.0 Å². The number of nitrogens with zero attached hydrogens (tertiary/aromatic N) is 10. The van der Waals surface area contributed by atoms with Gasteiger partial charge in [0, 0.05) is 56.2 Å². The first-order chi connectivity index (χ1) is 35.2. The number of piperidine rings is 3. The van der Waals surface area contributed by atoms with Crippen LogP contribution in [0.4, 0.5) is 34.9 Å². The summed E-state index contributed by atoms with van der Waals surface area (Å²) in [6.45, 7) is 7.91. The normalized spacial score (nSPS) is 18.6. The third-order valence-electron chi connectivity index (χ3n) is 13.7. The minimum absolute atomic E-state index is 0.00857. The Balaban J connectivity index is 0.675. The number of hydrogen-bond acceptors (Lipinski definition) is 16. The Bertz CT molecular complexity index is 3040. The van der Waals surface area contributed by atoms with Gasteiger partial charge < -0.3 is 25.0 Å². The van der Waals surface area contributed by atoms with Crippen LogP contribution in [-0.2, 0) is 50.2 Å². The molecule has 1 unspecified atom stereocenters. The van der Waals surface area contributed by atoms with Gasteiger partial charge in [-0.25, -0.2) is 27.5 Å². The largest absolute Gasteiger partial charge is 0.419 e. The standard InChI is InChI=1S/C48H55F4N13O8S/c1-47(2,70)28-64-25-31(23-54-64)42-37(48(50,51)52)24-53-46(58-42)56-39-6-4-34(22-38(39)49)74(71,72)55-13-20-73-27-32-26-63(60-59-32)19-18-61-14-9-29(10-15-61)30-11-16-62(17-12-30)33-3-5-35-36(21-33)45(69)65(44(35)68)40-7-8-41(66)57-43(40)67/h3-6,21-26,29-30,40,55,70H,7-20,27-28H2,1-2H3,(H,53,56,58)(H,57,66,67). The highest BCUT2D eigenvalue weighted by Gasteiger charge is 2.45. The molecule has 4 aliphatic heterocycles. The molecular weight excluding hydrogens is 995 g/mol. The predicted octanol–water partition coefficient (Wildman–Crippen LogP) is 4.13. The molecule has 9 rings (SSSR count). The second-order valence-electron chi connectivity index (χ2n) is 19.6. The predicted molar refractivity (Wildman–Crippen MR) is 256 cm³/mol. The number of hydrogen-bond donors (Lipinski definition) is 4. The van der Waals surface area contributed by atoms with Crippen LogP contribution in [0.15, 0.2) is 66.1 Å². The third kappa shape index (κ3) is 11.9. The molecule has 0 spiro atoms. The van der Waals surface area contributed by atoms with Crippen molar-refractivity contribution in [3.05, 3.63) is 89.4 Å². The van der Waals surface area contributed by atoms with Crippen molar-refractivity contribution in [2.24, 2.45) is 11.8 Å². The van der Waals surface area contributed by atoms with E-state index in [-0.39, 0.29) is 61.5 Å². The fourth-order valence-electron chi connectivity index (χ4n) is 9.92. The molecule has 4 N–H and O–H groups in total. The fraction of sp³-hybridized carbons (Fsp3) is 0.479. The number of fused-ring (bicyclic) bond motifs is 1. The zero-order chi connectivity index (χ0) is 52.5. The van der Waals surface area contributed by atoms with Crippen molar-refractivity contribution >= 4 is 51.0 Å². The molecule has 3 aromatic heterocycles. The van der Waals surface area contributed by atoms with Crippen molar-refractivity contribution < 1.29 is 55.0 Å². The Morgan fingerprint density at radius 3 is 2.31 bits per heavy atom. The molecule has 7 heterocycles. The maximum absolute atomic E-state index is 15.3. The molecule has 3 fully saturated rings. The van der Waals surface area contributed by atoms with Gasteiger partial charge in [0.2, 0.25) is 27.8 Å². The summed E-state index contributed by atoms with van der Waals surface area (Å²) >= 11 is 0. The molecule has 4 aliphatic rings. The average molecular weight is 1050 g/mol. The van der Waals surface area contributed by atoms with Crippen molar-refractivity contribution in [3.63, 3.8) is 0 Å². The number of amides is 4. The number of carbonyl (C=O) groups is 4. The van der Waals surface area contributed by atoms with Gasteiger partial charge in [0.1, 0.15) is 23.1 Å². The van der Waals surface area contributed by atoms with Crippen LogP contribution in [0.5, 0.6) is 0 Å². The lowest BCUT2D eigenvalue weighted by molar-refractivity contribution is -0.138. The summed E-state index contributed by atoms with van der Waals surface area (Å²) in [6, 6.07) is 7.24. The number of aromatic nitrogens is 7. The summed E-state index contributed by atoms with van der Waals surface area (Å²) < 4.78 is 94.0. The molecule has 3 saturated heterocycles. The quantitative estimate of drug-likeness (QED) is 0.0547. The van der Waals surface area contributed by atoms with Gasteiger partial charge in [0.25, 0.3) is 11.8 Å². The molecule has 5 aromatic rings. The smallest absolute Gasteiger partial charge is 0.389 e. The highest BCUT2D eigenvalue weighted by Crippen LogP contribution is 2.38. The van der Waals surface area contributed by atoms with Gasteiger partial charge in [0.15, 0.2) is 0 Å². The van der Waals surface area contributed by atoms with Gasteiger partial charge >= 0.3 is 6.18 Å². The van der Waals surface area contributed by atoms with E-state index in [1.807, 2.05) is 6.07 Å². The van der Waals surface area contributed by atoms with Crippen LogP contribution in [0, 0.1) is 17.7 Å².